The third-order valence-electron chi connectivity index (χ3n) is 3.50. The van der Waals surface area contributed by atoms with E-state index in [9.17, 15) is 14.4 Å². The van der Waals surface area contributed by atoms with Crippen LogP contribution in [0.25, 0.3) is 0 Å². The van der Waals surface area contributed by atoms with Gasteiger partial charge in [0.15, 0.2) is 5.75 Å². The Balaban J connectivity index is 3.00. The molecule has 1 N–H and O–H groups in total. The van der Waals surface area contributed by atoms with Gasteiger partial charge in [0.2, 0.25) is 0 Å². The molecule has 1 aromatic carbocycles. The SMILES string of the molecule is CCCCCC(C)COC(=O)c1c(Cl)c(Cl)cc(Cl)c1OC(=O)C(=O)O. The molecule has 1 aromatic rings. The maximum atomic E-state index is 12.4. The Kier molecular flexibility index (Phi) is 9.19. The lowest BCUT2D eigenvalue weighted by atomic mass is 10.0. The molecule has 0 aliphatic carbocycles. The minimum atomic E-state index is -1.85. The molecule has 0 radical (unpaired) electrons. The Morgan fingerprint density at radius 3 is 2.38 bits per heavy atom. The Morgan fingerprint density at radius 1 is 1.15 bits per heavy atom. The van der Waals surface area contributed by atoms with Gasteiger partial charge in [-0.05, 0) is 18.4 Å². The highest BCUT2D eigenvalue weighted by Gasteiger charge is 2.28. The summed E-state index contributed by atoms with van der Waals surface area (Å²) in [4.78, 5) is 34.4. The molecule has 0 aliphatic heterocycles. The molecule has 0 spiro atoms. The minimum Gasteiger partial charge on any atom is -0.473 e. The van der Waals surface area contributed by atoms with Gasteiger partial charge in [0.05, 0.1) is 21.7 Å². The van der Waals surface area contributed by atoms with Gasteiger partial charge in [0, 0.05) is 0 Å². The molecular formula is C17H19Cl3O6. The molecule has 0 fully saturated rings. The fraction of sp³-hybridized carbons (Fsp3) is 0.471. The highest BCUT2D eigenvalue weighted by atomic mass is 35.5. The smallest absolute Gasteiger partial charge is 0.422 e. The molecule has 1 atom stereocenters. The van der Waals surface area contributed by atoms with Crippen molar-refractivity contribution < 1.29 is 29.0 Å². The average molecular weight is 426 g/mol. The number of carboxylic acid groups (broad SMARTS) is 1. The average Bonchev–Trinajstić information content (AvgIpc) is 2.57. The second-order valence-electron chi connectivity index (χ2n) is 5.75. The quantitative estimate of drug-likeness (QED) is 0.207. The fourth-order valence-corrected chi connectivity index (χ4v) is 2.83. The van der Waals surface area contributed by atoms with Crippen LogP contribution in [0.1, 0.15) is 49.9 Å². The topological polar surface area (TPSA) is 89.9 Å². The molecule has 26 heavy (non-hydrogen) atoms. The van der Waals surface area contributed by atoms with Crippen molar-refractivity contribution in [2.75, 3.05) is 6.61 Å². The molecule has 0 bridgehead atoms. The Bertz CT molecular complexity index is 690. The minimum absolute atomic E-state index is 0.0604. The summed E-state index contributed by atoms with van der Waals surface area (Å²) in [6.07, 6.45) is 4.07. The molecule has 144 valence electrons. The van der Waals surface area contributed by atoms with Crippen LogP contribution in [0.15, 0.2) is 6.07 Å². The first-order valence-electron chi connectivity index (χ1n) is 7.98. The zero-order chi connectivity index (χ0) is 19.9. The van der Waals surface area contributed by atoms with Crippen LogP contribution in [0.4, 0.5) is 0 Å². The molecule has 0 amide bonds. The second-order valence-corrected chi connectivity index (χ2v) is 6.94. The summed E-state index contributed by atoms with van der Waals surface area (Å²) in [5.41, 5.74) is -0.389. The Morgan fingerprint density at radius 2 is 1.81 bits per heavy atom. The highest BCUT2D eigenvalue weighted by Crippen LogP contribution is 2.39. The first-order valence-corrected chi connectivity index (χ1v) is 9.12. The van der Waals surface area contributed by atoms with Crippen molar-refractivity contribution in [2.24, 2.45) is 5.92 Å². The van der Waals surface area contributed by atoms with Gasteiger partial charge in [-0.2, -0.15) is 0 Å². The number of hydrogen-bond acceptors (Lipinski definition) is 5. The molecule has 6 nitrogen and oxygen atoms in total. The number of carbonyl (C=O) groups is 3. The maximum Gasteiger partial charge on any atom is 0.422 e. The van der Waals surface area contributed by atoms with E-state index in [2.05, 4.69) is 11.7 Å². The number of esters is 2. The first kappa shape index (κ1) is 22.5. The van der Waals surface area contributed by atoms with Crippen molar-refractivity contribution in [1.29, 1.82) is 0 Å². The summed E-state index contributed by atoms with van der Waals surface area (Å²) in [6, 6.07) is 1.14. The lowest BCUT2D eigenvalue weighted by Crippen LogP contribution is -2.22. The van der Waals surface area contributed by atoms with E-state index in [1.165, 1.54) is 0 Å². The van der Waals surface area contributed by atoms with E-state index >= 15 is 0 Å². The van der Waals surface area contributed by atoms with Gasteiger partial charge in [0.1, 0.15) is 5.56 Å². The third kappa shape index (κ3) is 6.34. The molecule has 0 aliphatic rings. The molecule has 9 heteroatoms. The highest BCUT2D eigenvalue weighted by molar-refractivity contribution is 6.46. The molecule has 1 rings (SSSR count). The van der Waals surface area contributed by atoms with E-state index in [1.54, 1.807) is 0 Å². The summed E-state index contributed by atoms with van der Waals surface area (Å²) >= 11 is 17.8. The summed E-state index contributed by atoms with van der Waals surface area (Å²) in [6.45, 7) is 4.14. The van der Waals surface area contributed by atoms with Gasteiger partial charge in [0.25, 0.3) is 0 Å². The van der Waals surface area contributed by atoms with Crippen molar-refractivity contribution in [3.05, 3.63) is 26.7 Å². The van der Waals surface area contributed by atoms with E-state index in [0.29, 0.717) is 0 Å². The van der Waals surface area contributed by atoms with Crippen LogP contribution < -0.4 is 4.74 Å². The monoisotopic (exact) mass is 424 g/mol. The van der Waals surface area contributed by atoms with E-state index in [1.807, 2.05) is 6.92 Å². The zero-order valence-corrected chi connectivity index (χ0v) is 16.6. The van der Waals surface area contributed by atoms with Gasteiger partial charge in [-0.15, -0.1) is 0 Å². The van der Waals surface area contributed by atoms with Crippen LogP contribution in [-0.4, -0.2) is 29.6 Å². The molecule has 0 saturated carbocycles. The number of hydrogen-bond donors (Lipinski definition) is 1. The third-order valence-corrected chi connectivity index (χ3v) is 4.57. The summed E-state index contributed by atoms with van der Waals surface area (Å²) < 4.78 is 9.88. The van der Waals surface area contributed by atoms with E-state index in [4.69, 9.17) is 44.6 Å². The largest absolute Gasteiger partial charge is 0.473 e. The van der Waals surface area contributed by atoms with Crippen molar-refractivity contribution in [3.63, 3.8) is 0 Å². The first-order chi connectivity index (χ1) is 12.2. The number of aliphatic carboxylic acids is 1. The van der Waals surface area contributed by atoms with Crippen LogP contribution >= 0.6 is 34.8 Å². The number of halogens is 3. The number of carboxylic acids is 1. The molecule has 0 aromatic heterocycles. The Labute approximate surface area is 166 Å². The van der Waals surface area contributed by atoms with E-state index in [-0.39, 0.29) is 33.2 Å². The van der Waals surface area contributed by atoms with Crippen LogP contribution in [0.5, 0.6) is 5.75 Å². The summed E-state index contributed by atoms with van der Waals surface area (Å²) in [5, 5.41) is 8.13. The van der Waals surface area contributed by atoms with Gasteiger partial charge in [-0.1, -0.05) is 67.9 Å². The van der Waals surface area contributed by atoms with Crippen molar-refractivity contribution >= 4 is 52.7 Å². The predicted octanol–water partition coefficient (Wildman–Crippen LogP) is 5.01. The standard InChI is InChI=1S/C17H19Cl3O6/c1-3-4-5-6-9(2)8-25-16(23)12-13(20)10(18)7-11(19)14(12)26-17(24)15(21)22/h7,9H,3-6,8H2,1-2H3,(H,21,22). The van der Waals surface area contributed by atoms with Gasteiger partial charge >= 0.3 is 17.9 Å². The van der Waals surface area contributed by atoms with E-state index < -0.39 is 23.7 Å². The second kappa shape index (κ2) is 10.6. The molecular weight excluding hydrogens is 407 g/mol. The Hall–Kier alpha value is -1.50. The number of benzene rings is 1. The van der Waals surface area contributed by atoms with Gasteiger partial charge < -0.3 is 14.6 Å². The predicted molar refractivity (Wildman–Crippen MR) is 98.3 cm³/mol. The number of carbonyl (C=O) groups excluding carboxylic acids is 2. The van der Waals surface area contributed by atoms with Crippen molar-refractivity contribution in [1.82, 2.24) is 0 Å². The molecule has 0 heterocycles. The fourth-order valence-electron chi connectivity index (χ4n) is 2.11. The normalized spacial score (nSPS) is 11.7. The molecule has 0 saturated heterocycles. The lowest BCUT2D eigenvalue weighted by molar-refractivity contribution is -0.158. The van der Waals surface area contributed by atoms with Gasteiger partial charge in [-0.3, -0.25) is 0 Å². The summed E-state index contributed by atoms with van der Waals surface area (Å²) in [7, 11) is 0. The number of unbranched alkanes of at least 4 members (excludes halogenated alkanes) is 2. The van der Waals surface area contributed by atoms with E-state index in [0.717, 1.165) is 31.7 Å². The number of ether oxygens (including phenoxy) is 2. The van der Waals surface area contributed by atoms with Crippen LogP contribution in [-0.2, 0) is 14.3 Å². The van der Waals surface area contributed by atoms with Crippen LogP contribution in [0.2, 0.25) is 15.1 Å². The van der Waals surface area contributed by atoms with Crippen LogP contribution in [0.3, 0.4) is 0 Å². The van der Waals surface area contributed by atoms with Gasteiger partial charge in [-0.25, -0.2) is 14.4 Å². The number of rotatable bonds is 8. The van der Waals surface area contributed by atoms with Crippen molar-refractivity contribution in [3.8, 4) is 5.75 Å². The maximum absolute atomic E-state index is 12.4. The lowest BCUT2D eigenvalue weighted by Gasteiger charge is -2.15. The molecule has 1 unspecified atom stereocenters. The summed E-state index contributed by atoms with van der Waals surface area (Å²) in [5.74, 6) is -4.76. The zero-order valence-electron chi connectivity index (χ0n) is 14.3. The van der Waals surface area contributed by atoms with Crippen LogP contribution in [0, 0.1) is 5.92 Å². The van der Waals surface area contributed by atoms with Crippen molar-refractivity contribution in [2.45, 2.75) is 39.5 Å².